The van der Waals surface area contributed by atoms with E-state index in [0.29, 0.717) is 13.0 Å². The van der Waals surface area contributed by atoms with Crippen LogP contribution in [0.5, 0.6) is 0 Å². The molecule has 0 radical (unpaired) electrons. The van der Waals surface area contributed by atoms with Crippen LogP contribution in [-0.2, 0) is 6.42 Å². The number of carbonyl (C=O) groups is 1. The van der Waals surface area contributed by atoms with E-state index in [2.05, 4.69) is 20.6 Å². The lowest BCUT2D eigenvalue weighted by atomic mass is 10.3. The second-order valence-electron chi connectivity index (χ2n) is 3.69. The number of aromatic nitrogens is 2. The first-order valence-electron chi connectivity index (χ1n) is 5.52. The minimum absolute atomic E-state index is 0.163. The van der Waals surface area contributed by atoms with Gasteiger partial charge >= 0.3 is 6.03 Å². The highest BCUT2D eigenvalue weighted by Crippen LogP contribution is 2.11. The molecule has 0 atom stereocenters. The Labute approximate surface area is 103 Å². The molecule has 1 heterocycles. The molecule has 94 valence electrons. The van der Waals surface area contributed by atoms with E-state index in [1.807, 2.05) is 0 Å². The molecule has 2 rings (SSSR count). The van der Waals surface area contributed by atoms with Crippen molar-refractivity contribution in [2.24, 2.45) is 0 Å². The van der Waals surface area contributed by atoms with Gasteiger partial charge in [0.2, 0.25) is 0 Å². The van der Waals surface area contributed by atoms with Crippen LogP contribution in [0, 0.1) is 5.82 Å². The normalized spacial score (nSPS) is 10.1. The smallest absolute Gasteiger partial charge is 0.319 e. The standard InChI is InChI=1S/C12H13FN4O/c13-10-3-1-2-4-11(10)17-12(18)15-6-5-9-7-14-8-16-9/h1-4,7-8H,5-6H2,(H,14,16)(H2,15,17,18). The van der Waals surface area contributed by atoms with Crippen molar-refractivity contribution < 1.29 is 9.18 Å². The molecule has 5 nitrogen and oxygen atoms in total. The van der Waals surface area contributed by atoms with Crippen LogP contribution in [0.25, 0.3) is 0 Å². The molecule has 3 N–H and O–H groups in total. The molecule has 2 amide bonds. The summed E-state index contributed by atoms with van der Waals surface area (Å²) in [6.45, 7) is 0.447. The van der Waals surface area contributed by atoms with Gasteiger partial charge in [-0.25, -0.2) is 14.2 Å². The van der Waals surface area contributed by atoms with Gasteiger partial charge in [0, 0.05) is 24.9 Å². The average molecular weight is 248 g/mol. The maximum atomic E-state index is 13.2. The number of aromatic amines is 1. The summed E-state index contributed by atoms with van der Waals surface area (Å²) in [4.78, 5) is 18.3. The van der Waals surface area contributed by atoms with Gasteiger partial charge in [-0.3, -0.25) is 0 Å². The summed E-state index contributed by atoms with van der Waals surface area (Å²) < 4.78 is 13.2. The molecule has 0 aliphatic carbocycles. The van der Waals surface area contributed by atoms with Crippen LogP contribution in [0.4, 0.5) is 14.9 Å². The Hall–Kier alpha value is -2.37. The molecule has 0 aliphatic heterocycles. The summed E-state index contributed by atoms with van der Waals surface area (Å²) in [6, 6.07) is 5.59. The van der Waals surface area contributed by atoms with Gasteiger partial charge in [-0.1, -0.05) is 12.1 Å². The Balaban J connectivity index is 1.77. The number of halogens is 1. The van der Waals surface area contributed by atoms with Gasteiger partial charge in [0.15, 0.2) is 0 Å². The third-order valence-electron chi connectivity index (χ3n) is 2.36. The number of para-hydroxylation sites is 1. The SMILES string of the molecule is O=C(NCCc1cnc[nH]1)Nc1ccccc1F. The third-order valence-corrected chi connectivity index (χ3v) is 2.36. The Kier molecular flexibility index (Phi) is 3.90. The van der Waals surface area contributed by atoms with Crippen molar-refractivity contribution in [2.75, 3.05) is 11.9 Å². The summed E-state index contributed by atoms with van der Waals surface area (Å²) in [5.74, 6) is -0.457. The summed E-state index contributed by atoms with van der Waals surface area (Å²) in [5, 5.41) is 5.07. The minimum atomic E-state index is -0.457. The van der Waals surface area contributed by atoms with Crippen LogP contribution in [0.15, 0.2) is 36.8 Å². The van der Waals surface area contributed by atoms with E-state index in [1.54, 1.807) is 24.7 Å². The van der Waals surface area contributed by atoms with E-state index in [0.717, 1.165) is 5.69 Å². The van der Waals surface area contributed by atoms with Crippen molar-refractivity contribution in [2.45, 2.75) is 6.42 Å². The molecular weight excluding hydrogens is 235 g/mol. The van der Waals surface area contributed by atoms with Crippen molar-refractivity contribution in [3.8, 4) is 0 Å². The van der Waals surface area contributed by atoms with Crippen LogP contribution in [-0.4, -0.2) is 22.5 Å². The maximum Gasteiger partial charge on any atom is 0.319 e. The van der Waals surface area contributed by atoms with E-state index in [9.17, 15) is 9.18 Å². The van der Waals surface area contributed by atoms with Gasteiger partial charge in [0.25, 0.3) is 0 Å². The Morgan fingerprint density at radius 3 is 2.94 bits per heavy atom. The quantitative estimate of drug-likeness (QED) is 0.773. The largest absolute Gasteiger partial charge is 0.348 e. The first-order valence-corrected chi connectivity index (χ1v) is 5.52. The summed E-state index contributed by atoms with van der Waals surface area (Å²) in [5.41, 5.74) is 1.10. The summed E-state index contributed by atoms with van der Waals surface area (Å²) in [7, 11) is 0. The monoisotopic (exact) mass is 248 g/mol. The Morgan fingerprint density at radius 1 is 1.39 bits per heavy atom. The van der Waals surface area contributed by atoms with Crippen molar-refractivity contribution in [1.29, 1.82) is 0 Å². The fourth-order valence-electron chi connectivity index (χ4n) is 1.46. The highest BCUT2D eigenvalue weighted by Gasteiger charge is 2.05. The number of imidazole rings is 1. The lowest BCUT2D eigenvalue weighted by Crippen LogP contribution is -2.30. The molecule has 6 heteroatoms. The van der Waals surface area contributed by atoms with Crippen molar-refractivity contribution in [3.05, 3.63) is 48.3 Å². The molecule has 0 spiro atoms. The van der Waals surface area contributed by atoms with Crippen LogP contribution >= 0.6 is 0 Å². The number of nitrogens with zero attached hydrogens (tertiary/aromatic N) is 1. The molecule has 0 saturated heterocycles. The number of urea groups is 1. The molecular formula is C12H13FN4O. The predicted octanol–water partition coefficient (Wildman–Crippen LogP) is 1.91. The fourth-order valence-corrected chi connectivity index (χ4v) is 1.46. The number of anilines is 1. The zero-order valence-corrected chi connectivity index (χ0v) is 9.61. The van der Waals surface area contributed by atoms with Gasteiger partial charge in [-0.05, 0) is 12.1 Å². The summed E-state index contributed by atoms with van der Waals surface area (Å²) in [6.07, 6.45) is 3.91. The van der Waals surface area contributed by atoms with Crippen molar-refractivity contribution >= 4 is 11.7 Å². The minimum Gasteiger partial charge on any atom is -0.348 e. The molecule has 1 aromatic carbocycles. The van der Waals surface area contributed by atoms with E-state index in [-0.39, 0.29) is 5.69 Å². The fraction of sp³-hybridized carbons (Fsp3) is 0.167. The number of nitrogens with one attached hydrogen (secondary N) is 3. The van der Waals surface area contributed by atoms with Gasteiger partial charge in [-0.2, -0.15) is 0 Å². The second kappa shape index (κ2) is 5.81. The Morgan fingerprint density at radius 2 is 2.22 bits per heavy atom. The van der Waals surface area contributed by atoms with Gasteiger partial charge in [-0.15, -0.1) is 0 Å². The lowest BCUT2D eigenvalue weighted by molar-refractivity contribution is 0.252. The van der Waals surface area contributed by atoms with Crippen LogP contribution in [0.3, 0.4) is 0 Å². The number of benzene rings is 1. The molecule has 0 bridgehead atoms. The molecule has 0 unspecified atom stereocenters. The highest BCUT2D eigenvalue weighted by molar-refractivity contribution is 5.89. The van der Waals surface area contributed by atoms with E-state index in [4.69, 9.17) is 0 Å². The van der Waals surface area contributed by atoms with Crippen molar-refractivity contribution in [3.63, 3.8) is 0 Å². The first kappa shape index (κ1) is 12.1. The number of carbonyl (C=O) groups excluding carboxylic acids is 1. The molecule has 18 heavy (non-hydrogen) atoms. The average Bonchev–Trinajstić information content (AvgIpc) is 2.85. The zero-order chi connectivity index (χ0) is 12.8. The third kappa shape index (κ3) is 3.31. The van der Waals surface area contributed by atoms with Crippen LogP contribution in [0.2, 0.25) is 0 Å². The second-order valence-corrected chi connectivity index (χ2v) is 3.69. The lowest BCUT2D eigenvalue weighted by Gasteiger charge is -2.07. The van der Waals surface area contributed by atoms with Crippen LogP contribution in [0.1, 0.15) is 5.69 Å². The number of amides is 2. The van der Waals surface area contributed by atoms with Gasteiger partial charge < -0.3 is 15.6 Å². The first-order chi connectivity index (χ1) is 8.75. The molecule has 2 aromatic rings. The summed E-state index contributed by atoms with van der Waals surface area (Å²) >= 11 is 0. The zero-order valence-electron chi connectivity index (χ0n) is 9.61. The van der Waals surface area contributed by atoms with E-state index >= 15 is 0 Å². The van der Waals surface area contributed by atoms with Crippen LogP contribution < -0.4 is 10.6 Å². The number of hydrogen-bond acceptors (Lipinski definition) is 2. The topological polar surface area (TPSA) is 69.8 Å². The van der Waals surface area contributed by atoms with E-state index < -0.39 is 11.8 Å². The Bertz CT molecular complexity index is 513. The van der Waals surface area contributed by atoms with E-state index in [1.165, 1.54) is 12.1 Å². The number of hydrogen-bond donors (Lipinski definition) is 3. The number of H-pyrrole nitrogens is 1. The maximum absolute atomic E-state index is 13.2. The molecule has 0 aliphatic rings. The highest BCUT2D eigenvalue weighted by atomic mass is 19.1. The van der Waals surface area contributed by atoms with Gasteiger partial charge in [0.05, 0.1) is 12.0 Å². The molecule has 1 aromatic heterocycles. The predicted molar refractivity (Wildman–Crippen MR) is 65.7 cm³/mol. The number of rotatable bonds is 4. The molecule has 0 saturated carbocycles. The molecule has 0 fully saturated rings. The van der Waals surface area contributed by atoms with Crippen molar-refractivity contribution in [1.82, 2.24) is 15.3 Å². The van der Waals surface area contributed by atoms with Gasteiger partial charge in [0.1, 0.15) is 5.82 Å².